The zero-order chi connectivity index (χ0) is 21.3. The van der Waals surface area contributed by atoms with E-state index in [2.05, 4.69) is 20.5 Å². The van der Waals surface area contributed by atoms with E-state index in [0.29, 0.717) is 23.5 Å². The second kappa shape index (κ2) is 10.2. The molecular formula is C21H23N5O4. The first-order valence-corrected chi connectivity index (χ1v) is 9.45. The van der Waals surface area contributed by atoms with Gasteiger partial charge >= 0.3 is 6.09 Å². The van der Waals surface area contributed by atoms with E-state index in [0.717, 1.165) is 5.56 Å². The topological polar surface area (TPSA) is 131 Å². The largest absolute Gasteiger partial charge is 0.465 e. The molecule has 1 atom stereocenters. The first-order valence-electron chi connectivity index (χ1n) is 9.45. The zero-order valence-electron chi connectivity index (χ0n) is 16.2. The number of amides is 2. The molecule has 9 heteroatoms. The van der Waals surface area contributed by atoms with Crippen molar-refractivity contribution in [3.63, 3.8) is 0 Å². The van der Waals surface area contributed by atoms with Gasteiger partial charge in [-0.1, -0.05) is 42.5 Å². The lowest BCUT2D eigenvalue weighted by molar-refractivity contribution is -0.115. The molecule has 0 saturated heterocycles. The van der Waals surface area contributed by atoms with Crippen molar-refractivity contribution in [3.05, 3.63) is 77.9 Å². The van der Waals surface area contributed by atoms with Crippen LogP contribution < -0.4 is 5.32 Å². The number of aliphatic hydroxyl groups is 1. The summed E-state index contributed by atoms with van der Waals surface area (Å²) < 4.78 is 0. The first kappa shape index (κ1) is 21.0. The van der Waals surface area contributed by atoms with Gasteiger partial charge in [-0.2, -0.15) is 5.10 Å². The molecule has 0 spiro atoms. The number of aliphatic hydroxyl groups excluding tert-OH is 1. The van der Waals surface area contributed by atoms with Gasteiger partial charge in [0.05, 0.1) is 19.1 Å². The number of benzene rings is 2. The highest BCUT2D eigenvalue weighted by atomic mass is 16.4. The predicted molar refractivity (Wildman–Crippen MR) is 110 cm³/mol. The molecule has 0 aliphatic rings. The lowest BCUT2D eigenvalue weighted by Crippen LogP contribution is -2.35. The molecule has 0 aliphatic carbocycles. The maximum Gasteiger partial charge on any atom is 0.407 e. The molecule has 9 nitrogen and oxygen atoms in total. The fraction of sp³-hybridized carbons (Fsp3) is 0.238. The average Bonchev–Trinajstić information content (AvgIpc) is 3.25. The van der Waals surface area contributed by atoms with Gasteiger partial charge in [-0.3, -0.25) is 9.89 Å². The molecule has 3 rings (SSSR count). The Morgan fingerprint density at radius 3 is 2.47 bits per heavy atom. The SMILES string of the molecule is O=C(Cc1ncn[nH]1)Nc1ccc(CCN(CC(O)c2ccccc2)C(=O)O)cc1. The molecule has 0 bridgehead atoms. The molecule has 0 radical (unpaired) electrons. The van der Waals surface area contributed by atoms with Crippen LogP contribution in [0.2, 0.25) is 0 Å². The summed E-state index contributed by atoms with van der Waals surface area (Å²) in [7, 11) is 0. The van der Waals surface area contributed by atoms with Crippen molar-refractivity contribution in [1.29, 1.82) is 0 Å². The van der Waals surface area contributed by atoms with Gasteiger partial charge in [0.2, 0.25) is 5.91 Å². The zero-order valence-corrected chi connectivity index (χ0v) is 16.2. The second-order valence-electron chi connectivity index (χ2n) is 6.76. The van der Waals surface area contributed by atoms with Gasteiger partial charge in [-0.15, -0.1) is 0 Å². The van der Waals surface area contributed by atoms with Crippen LogP contribution in [0.3, 0.4) is 0 Å². The Kier molecular flexibility index (Phi) is 7.12. The van der Waals surface area contributed by atoms with Gasteiger partial charge < -0.3 is 20.4 Å². The van der Waals surface area contributed by atoms with Gasteiger partial charge in [0.25, 0.3) is 0 Å². The van der Waals surface area contributed by atoms with Crippen molar-refractivity contribution in [2.75, 3.05) is 18.4 Å². The van der Waals surface area contributed by atoms with Crippen molar-refractivity contribution in [3.8, 4) is 0 Å². The Bertz CT molecular complexity index is 945. The Morgan fingerprint density at radius 1 is 1.10 bits per heavy atom. The number of nitrogens with zero attached hydrogens (tertiary/aromatic N) is 3. The van der Waals surface area contributed by atoms with Gasteiger partial charge in [0.15, 0.2) is 0 Å². The quantitative estimate of drug-likeness (QED) is 0.429. The Labute approximate surface area is 173 Å². The third kappa shape index (κ3) is 6.14. The van der Waals surface area contributed by atoms with E-state index in [1.807, 2.05) is 18.2 Å². The summed E-state index contributed by atoms with van der Waals surface area (Å²) in [4.78, 5) is 28.6. The second-order valence-corrected chi connectivity index (χ2v) is 6.76. The number of aromatic nitrogens is 3. The molecule has 0 fully saturated rings. The number of aromatic amines is 1. The summed E-state index contributed by atoms with van der Waals surface area (Å²) in [6.45, 7) is 0.242. The van der Waals surface area contributed by atoms with Gasteiger partial charge in [-0.05, 0) is 29.7 Å². The van der Waals surface area contributed by atoms with Crippen LogP contribution in [-0.4, -0.2) is 55.4 Å². The van der Waals surface area contributed by atoms with E-state index < -0.39 is 12.2 Å². The minimum Gasteiger partial charge on any atom is -0.465 e. The molecule has 3 aromatic rings. The Balaban J connectivity index is 1.51. The normalized spacial score (nSPS) is 11.6. The standard InChI is InChI=1S/C21H23N5O4/c27-18(16-4-2-1-3-5-16)13-26(21(29)30)11-10-15-6-8-17(9-7-15)24-20(28)12-19-22-14-23-25-19/h1-9,14,18,27H,10-13H2,(H,24,28)(H,29,30)(H,22,23,25). The fourth-order valence-electron chi connectivity index (χ4n) is 2.95. The molecule has 1 aromatic heterocycles. The van der Waals surface area contributed by atoms with Crippen LogP contribution in [0.5, 0.6) is 0 Å². The molecule has 156 valence electrons. The number of rotatable bonds is 9. The number of hydrogen-bond donors (Lipinski definition) is 4. The summed E-state index contributed by atoms with van der Waals surface area (Å²) in [5, 5.41) is 28.8. The van der Waals surface area contributed by atoms with E-state index in [1.54, 1.807) is 36.4 Å². The van der Waals surface area contributed by atoms with Crippen LogP contribution in [-0.2, 0) is 17.6 Å². The number of nitrogens with one attached hydrogen (secondary N) is 2. The number of anilines is 1. The maximum atomic E-state index is 12.0. The van der Waals surface area contributed by atoms with Gasteiger partial charge in [0.1, 0.15) is 12.2 Å². The van der Waals surface area contributed by atoms with Crippen LogP contribution in [0.4, 0.5) is 10.5 Å². The molecule has 2 amide bonds. The first-order chi connectivity index (χ1) is 14.5. The monoisotopic (exact) mass is 409 g/mol. The van der Waals surface area contributed by atoms with E-state index in [1.165, 1.54) is 11.2 Å². The van der Waals surface area contributed by atoms with Gasteiger partial charge in [0, 0.05) is 12.2 Å². The lowest BCUT2D eigenvalue weighted by Gasteiger charge is -2.22. The summed E-state index contributed by atoms with van der Waals surface area (Å²) in [6.07, 6.45) is -0.0407. The molecule has 4 N–H and O–H groups in total. The Hall–Kier alpha value is -3.72. The summed E-state index contributed by atoms with van der Waals surface area (Å²) >= 11 is 0. The minimum atomic E-state index is -1.08. The number of H-pyrrole nitrogens is 1. The average molecular weight is 409 g/mol. The van der Waals surface area contributed by atoms with E-state index >= 15 is 0 Å². The van der Waals surface area contributed by atoms with Crippen molar-refractivity contribution in [2.45, 2.75) is 18.9 Å². The summed E-state index contributed by atoms with van der Waals surface area (Å²) in [6, 6.07) is 16.2. The van der Waals surface area contributed by atoms with Crippen LogP contribution in [0.15, 0.2) is 60.9 Å². The molecule has 1 heterocycles. The van der Waals surface area contributed by atoms with Crippen molar-refractivity contribution in [2.24, 2.45) is 0 Å². The number of carbonyl (C=O) groups is 2. The molecule has 0 saturated carbocycles. The molecule has 30 heavy (non-hydrogen) atoms. The van der Waals surface area contributed by atoms with E-state index in [-0.39, 0.29) is 25.4 Å². The van der Waals surface area contributed by atoms with Gasteiger partial charge in [-0.25, -0.2) is 9.78 Å². The van der Waals surface area contributed by atoms with Crippen LogP contribution in [0, 0.1) is 0 Å². The highest BCUT2D eigenvalue weighted by Gasteiger charge is 2.17. The van der Waals surface area contributed by atoms with Crippen LogP contribution in [0.25, 0.3) is 0 Å². The van der Waals surface area contributed by atoms with Crippen molar-refractivity contribution >= 4 is 17.7 Å². The van der Waals surface area contributed by atoms with Crippen molar-refractivity contribution in [1.82, 2.24) is 20.1 Å². The predicted octanol–water partition coefficient (Wildman–Crippen LogP) is 2.24. The summed E-state index contributed by atoms with van der Waals surface area (Å²) in [5.74, 6) is 0.266. The number of carboxylic acid groups (broad SMARTS) is 1. The lowest BCUT2D eigenvalue weighted by atomic mass is 10.1. The smallest absolute Gasteiger partial charge is 0.407 e. The number of hydrogen-bond acceptors (Lipinski definition) is 5. The van der Waals surface area contributed by atoms with Crippen LogP contribution >= 0.6 is 0 Å². The van der Waals surface area contributed by atoms with E-state index in [9.17, 15) is 19.8 Å². The molecule has 1 unspecified atom stereocenters. The van der Waals surface area contributed by atoms with E-state index in [4.69, 9.17) is 0 Å². The molecule has 0 aliphatic heterocycles. The summed E-state index contributed by atoms with van der Waals surface area (Å²) in [5.41, 5.74) is 2.23. The molecular weight excluding hydrogens is 386 g/mol. The maximum absolute atomic E-state index is 12.0. The number of carbonyl (C=O) groups excluding carboxylic acids is 1. The minimum absolute atomic E-state index is 0.00484. The highest BCUT2D eigenvalue weighted by Crippen LogP contribution is 2.15. The van der Waals surface area contributed by atoms with Crippen LogP contribution in [0.1, 0.15) is 23.1 Å². The third-order valence-electron chi connectivity index (χ3n) is 4.55. The molecule has 2 aromatic carbocycles. The van der Waals surface area contributed by atoms with Crippen molar-refractivity contribution < 1.29 is 19.8 Å². The third-order valence-corrected chi connectivity index (χ3v) is 4.55. The Morgan fingerprint density at radius 2 is 1.83 bits per heavy atom. The fourth-order valence-corrected chi connectivity index (χ4v) is 2.95. The highest BCUT2D eigenvalue weighted by molar-refractivity contribution is 5.91.